The first-order valence-electron chi connectivity index (χ1n) is 11.4. The Morgan fingerprint density at radius 1 is 1.09 bits per heavy atom. The molecule has 35 heavy (non-hydrogen) atoms. The number of anilines is 1. The molecule has 0 atom stereocenters. The smallest absolute Gasteiger partial charge is 0.246 e. The molecule has 186 valence electrons. The molecule has 3 rings (SSSR count). The van der Waals surface area contributed by atoms with Gasteiger partial charge in [-0.25, -0.2) is 9.37 Å². The van der Waals surface area contributed by atoms with Crippen molar-refractivity contribution in [2.75, 3.05) is 39.2 Å². The lowest BCUT2D eigenvalue weighted by Crippen LogP contribution is -2.40. The summed E-state index contributed by atoms with van der Waals surface area (Å²) in [5.41, 5.74) is 2.00. The molecule has 8 nitrogen and oxygen atoms in total. The molecule has 0 aliphatic carbocycles. The third kappa shape index (κ3) is 7.13. The van der Waals surface area contributed by atoms with Crippen LogP contribution in [0.3, 0.4) is 0 Å². The Morgan fingerprint density at radius 2 is 1.77 bits per heavy atom. The van der Waals surface area contributed by atoms with E-state index in [9.17, 15) is 14.0 Å². The lowest BCUT2D eigenvalue weighted by molar-refractivity contribution is -0.136. The van der Waals surface area contributed by atoms with Crippen molar-refractivity contribution in [3.05, 3.63) is 60.5 Å². The maximum absolute atomic E-state index is 13.4. The molecule has 9 heteroatoms. The summed E-state index contributed by atoms with van der Waals surface area (Å²) >= 11 is 0. The predicted molar refractivity (Wildman–Crippen MR) is 132 cm³/mol. The molecule has 0 aliphatic rings. The molecule has 1 heterocycles. The van der Waals surface area contributed by atoms with Crippen LogP contribution in [0.25, 0.3) is 16.9 Å². The van der Waals surface area contributed by atoms with Crippen LogP contribution in [0, 0.1) is 11.7 Å². The zero-order valence-electron chi connectivity index (χ0n) is 20.5. The highest BCUT2D eigenvalue weighted by Crippen LogP contribution is 2.26. The molecule has 2 amide bonds. The maximum atomic E-state index is 13.4. The van der Waals surface area contributed by atoms with Gasteiger partial charge in [-0.2, -0.15) is 0 Å². The second-order valence-corrected chi connectivity index (χ2v) is 8.48. The lowest BCUT2D eigenvalue weighted by atomic mass is 10.1. The number of nitrogens with zero attached hydrogens (tertiary/aromatic N) is 3. The van der Waals surface area contributed by atoms with Crippen LogP contribution >= 0.6 is 0 Å². The first-order valence-corrected chi connectivity index (χ1v) is 11.4. The van der Waals surface area contributed by atoms with Crippen LogP contribution in [0.5, 0.6) is 5.75 Å². The van der Waals surface area contributed by atoms with Gasteiger partial charge in [0, 0.05) is 37.5 Å². The van der Waals surface area contributed by atoms with Gasteiger partial charge in [-0.15, -0.1) is 0 Å². The Balaban J connectivity index is 1.88. The summed E-state index contributed by atoms with van der Waals surface area (Å²) in [4.78, 5) is 31.7. The maximum Gasteiger partial charge on any atom is 0.246 e. The molecule has 0 radical (unpaired) electrons. The molecule has 0 spiro atoms. The minimum absolute atomic E-state index is 0.113. The molecule has 2 aromatic carbocycles. The van der Waals surface area contributed by atoms with Gasteiger partial charge in [-0.3, -0.25) is 19.5 Å². The van der Waals surface area contributed by atoms with Crippen molar-refractivity contribution in [3.63, 3.8) is 0 Å². The molecule has 0 unspecified atom stereocenters. The van der Waals surface area contributed by atoms with E-state index >= 15 is 0 Å². The number of hydrogen-bond acceptors (Lipinski definition) is 5. The molecule has 0 saturated carbocycles. The van der Waals surface area contributed by atoms with Gasteiger partial charge in [0.15, 0.2) is 0 Å². The summed E-state index contributed by atoms with van der Waals surface area (Å²) in [5.74, 6) is 0.294. The van der Waals surface area contributed by atoms with Crippen molar-refractivity contribution >= 4 is 17.8 Å². The summed E-state index contributed by atoms with van der Waals surface area (Å²) < 4.78 is 25.5. The number of rotatable bonds is 11. The van der Waals surface area contributed by atoms with Crippen LogP contribution in [-0.2, 0) is 14.3 Å². The van der Waals surface area contributed by atoms with Crippen molar-refractivity contribution in [2.24, 2.45) is 5.92 Å². The Hall–Kier alpha value is -3.72. The molecular formula is C26H31FN4O4. The van der Waals surface area contributed by atoms with E-state index in [-0.39, 0.29) is 36.0 Å². The van der Waals surface area contributed by atoms with E-state index in [2.05, 4.69) is 10.3 Å². The molecule has 3 aromatic rings. The fourth-order valence-electron chi connectivity index (χ4n) is 3.48. The van der Waals surface area contributed by atoms with Crippen molar-refractivity contribution in [3.8, 4) is 22.7 Å². The zero-order valence-corrected chi connectivity index (χ0v) is 20.5. The Kier molecular flexibility index (Phi) is 8.97. The van der Waals surface area contributed by atoms with Crippen molar-refractivity contribution < 1.29 is 23.5 Å². The number of imidazole rings is 1. The first-order chi connectivity index (χ1) is 16.8. The lowest BCUT2D eigenvalue weighted by Gasteiger charge is -2.22. The van der Waals surface area contributed by atoms with Gasteiger partial charge in [0.2, 0.25) is 17.8 Å². The molecule has 0 aliphatic heterocycles. The van der Waals surface area contributed by atoms with Crippen molar-refractivity contribution in [2.45, 2.75) is 20.3 Å². The third-order valence-corrected chi connectivity index (χ3v) is 5.28. The minimum Gasteiger partial charge on any atom is -0.497 e. The van der Waals surface area contributed by atoms with Gasteiger partial charge in [0.1, 0.15) is 18.1 Å². The predicted octanol–water partition coefficient (Wildman–Crippen LogP) is 4.15. The largest absolute Gasteiger partial charge is 0.497 e. The Labute approximate surface area is 204 Å². The number of ether oxygens (including phenoxy) is 2. The average molecular weight is 483 g/mol. The molecule has 0 fully saturated rings. The number of hydrogen-bond donors (Lipinski definition) is 1. The van der Waals surface area contributed by atoms with Crippen LogP contribution in [0.1, 0.15) is 20.3 Å². The third-order valence-electron chi connectivity index (χ3n) is 5.28. The number of benzene rings is 2. The van der Waals surface area contributed by atoms with E-state index in [0.717, 1.165) is 5.69 Å². The summed E-state index contributed by atoms with van der Waals surface area (Å²) in [6.45, 7) is 4.41. The number of amides is 2. The highest BCUT2D eigenvalue weighted by molar-refractivity contribution is 5.94. The van der Waals surface area contributed by atoms with E-state index in [1.54, 1.807) is 49.2 Å². The zero-order chi connectivity index (χ0) is 25.4. The number of carbonyl (C=O) groups excluding carboxylic acids is 2. The Morgan fingerprint density at radius 3 is 2.37 bits per heavy atom. The van der Waals surface area contributed by atoms with Gasteiger partial charge in [-0.05, 0) is 54.4 Å². The number of aromatic nitrogens is 2. The monoisotopic (exact) mass is 482 g/mol. The molecule has 0 saturated heterocycles. The second kappa shape index (κ2) is 12.1. The number of carbonyl (C=O) groups is 2. The van der Waals surface area contributed by atoms with E-state index in [1.807, 2.05) is 26.0 Å². The van der Waals surface area contributed by atoms with E-state index in [1.165, 1.54) is 17.0 Å². The van der Waals surface area contributed by atoms with Crippen LogP contribution in [0.15, 0.2) is 54.7 Å². The highest BCUT2D eigenvalue weighted by atomic mass is 19.1. The SMILES string of the molecule is COCCN(CC(=O)Nc1nc(-c2ccc(F)cc2)cn1-c1ccc(OC)cc1)C(=O)CC(C)C. The van der Waals surface area contributed by atoms with Gasteiger partial charge < -0.3 is 14.4 Å². The minimum atomic E-state index is -0.385. The summed E-state index contributed by atoms with van der Waals surface area (Å²) in [6, 6.07) is 13.2. The van der Waals surface area contributed by atoms with Crippen LogP contribution in [0.4, 0.5) is 10.3 Å². The van der Waals surface area contributed by atoms with Crippen LogP contribution in [-0.4, -0.2) is 60.2 Å². The molecule has 0 bridgehead atoms. The second-order valence-electron chi connectivity index (χ2n) is 8.48. The molecule has 1 aromatic heterocycles. The van der Waals surface area contributed by atoms with Gasteiger partial charge in [0.25, 0.3) is 0 Å². The first kappa shape index (κ1) is 25.9. The van der Waals surface area contributed by atoms with E-state index in [4.69, 9.17) is 9.47 Å². The van der Waals surface area contributed by atoms with Gasteiger partial charge >= 0.3 is 0 Å². The van der Waals surface area contributed by atoms with Crippen LogP contribution < -0.4 is 10.1 Å². The van der Waals surface area contributed by atoms with Gasteiger partial charge in [-0.1, -0.05) is 13.8 Å². The van der Waals surface area contributed by atoms with E-state index < -0.39 is 0 Å². The fraction of sp³-hybridized carbons (Fsp3) is 0.346. The van der Waals surface area contributed by atoms with Gasteiger partial charge in [0.05, 0.1) is 19.4 Å². The highest BCUT2D eigenvalue weighted by Gasteiger charge is 2.20. The summed E-state index contributed by atoms with van der Waals surface area (Å²) in [7, 11) is 3.13. The average Bonchev–Trinajstić information content (AvgIpc) is 3.25. The fourth-order valence-corrected chi connectivity index (χ4v) is 3.48. The molecule has 1 N–H and O–H groups in total. The number of halogens is 1. The normalized spacial score (nSPS) is 10.9. The summed E-state index contributed by atoms with van der Waals surface area (Å²) in [6.07, 6.45) is 2.10. The number of nitrogens with one attached hydrogen (secondary N) is 1. The standard InChI is InChI=1S/C26H31FN4O4/c1-18(2)15-25(33)30(13-14-34-3)17-24(32)29-26-28-23(19-5-7-20(27)8-6-19)16-31(26)21-9-11-22(35-4)12-10-21/h5-12,16,18H,13-15,17H2,1-4H3,(H,28,29,32). The van der Waals surface area contributed by atoms with Crippen molar-refractivity contribution in [1.29, 1.82) is 0 Å². The van der Waals surface area contributed by atoms with E-state index in [0.29, 0.717) is 36.6 Å². The quantitative estimate of drug-likeness (QED) is 0.444. The molecular weight excluding hydrogens is 451 g/mol. The summed E-state index contributed by atoms with van der Waals surface area (Å²) in [5, 5.41) is 2.83. The topological polar surface area (TPSA) is 85.7 Å². The number of methoxy groups -OCH3 is 2. The van der Waals surface area contributed by atoms with Crippen molar-refractivity contribution in [1.82, 2.24) is 14.5 Å². The Bertz CT molecular complexity index is 1130. The van der Waals surface area contributed by atoms with Crippen LogP contribution in [0.2, 0.25) is 0 Å².